The van der Waals surface area contributed by atoms with Crippen molar-refractivity contribution in [2.75, 3.05) is 0 Å². The molecule has 84 valence electrons. The highest BCUT2D eigenvalue weighted by atomic mass is 19.4. The van der Waals surface area contributed by atoms with E-state index in [-0.39, 0.29) is 5.82 Å². The summed E-state index contributed by atoms with van der Waals surface area (Å²) in [5.74, 6) is 0.802. The fourth-order valence-electron chi connectivity index (χ4n) is 1.34. The number of rotatable bonds is 1. The van der Waals surface area contributed by atoms with Crippen molar-refractivity contribution in [1.29, 1.82) is 0 Å². The molecule has 0 saturated carbocycles. The minimum atomic E-state index is -4.43. The lowest BCUT2D eigenvalue weighted by Gasteiger charge is -2.08. The van der Waals surface area contributed by atoms with Crippen molar-refractivity contribution < 1.29 is 13.2 Å². The van der Waals surface area contributed by atoms with Gasteiger partial charge in [0.25, 0.3) is 0 Å². The Bertz CT molecular complexity index is 502. The summed E-state index contributed by atoms with van der Waals surface area (Å²) >= 11 is 0. The molecule has 2 rings (SSSR count). The van der Waals surface area contributed by atoms with Crippen LogP contribution in [0.2, 0.25) is 0 Å². The van der Waals surface area contributed by atoms with Crippen LogP contribution in [0.5, 0.6) is 0 Å². The minimum Gasteiger partial charge on any atom is -0.288 e. The van der Waals surface area contributed by atoms with E-state index >= 15 is 0 Å². The van der Waals surface area contributed by atoms with E-state index in [9.17, 15) is 13.2 Å². The largest absolute Gasteiger partial charge is 0.433 e. The number of aromatic nitrogens is 3. The molecule has 0 bridgehead atoms. The average Bonchev–Trinajstić information content (AvgIpc) is 2.63. The predicted molar refractivity (Wildman–Crippen MR) is 51.1 cm³/mol. The number of hydrogen-bond donors (Lipinski definition) is 0. The number of alkyl halides is 3. The van der Waals surface area contributed by atoms with Gasteiger partial charge >= 0.3 is 6.18 Å². The van der Waals surface area contributed by atoms with Crippen LogP contribution in [0, 0.1) is 6.92 Å². The van der Waals surface area contributed by atoms with Crippen LogP contribution < -0.4 is 0 Å². The maximum absolute atomic E-state index is 12.4. The monoisotopic (exact) mass is 227 g/mol. The quantitative estimate of drug-likeness (QED) is 0.749. The van der Waals surface area contributed by atoms with E-state index in [0.717, 1.165) is 6.07 Å². The van der Waals surface area contributed by atoms with E-state index in [1.54, 1.807) is 13.1 Å². The molecule has 0 N–H and O–H groups in total. The highest BCUT2D eigenvalue weighted by molar-refractivity contribution is 5.27. The highest BCUT2D eigenvalue weighted by Crippen LogP contribution is 2.27. The normalized spacial score (nSPS) is 11.8. The van der Waals surface area contributed by atoms with Gasteiger partial charge in [0.2, 0.25) is 0 Å². The van der Waals surface area contributed by atoms with Gasteiger partial charge in [-0.25, -0.2) is 9.97 Å². The van der Waals surface area contributed by atoms with Gasteiger partial charge in [0.15, 0.2) is 0 Å². The fourth-order valence-corrected chi connectivity index (χ4v) is 1.34. The second-order valence-electron chi connectivity index (χ2n) is 3.22. The van der Waals surface area contributed by atoms with Crippen LogP contribution in [0.1, 0.15) is 11.5 Å². The molecule has 0 unspecified atom stereocenters. The lowest BCUT2D eigenvalue weighted by molar-refractivity contribution is -0.141. The summed E-state index contributed by atoms with van der Waals surface area (Å²) in [7, 11) is 0. The Morgan fingerprint density at radius 3 is 2.56 bits per heavy atom. The van der Waals surface area contributed by atoms with Crippen LogP contribution in [0.15, 0.2) is 30.6 Å². The summed E-state index contributed by atoms with van der Waals surface area (Å²) in [4.78, 5) is 7.47. The molecular weight excluding hydrogens is 219 g/mol. The second kappa shape index (κ2) is 3.62. The van der Waals surface area contributed by atoms with E-state index in [0.29, 0.717) is 5.82 Å². The first-order valence-corrected chi connectivity index (χ1v) is 4.53. The van der Waals surface area contributed by atoms with Crippen molar-refractivity contribution in [3.05, 3.63) is 42.1 Å². The van der Waals surface area contributed by atoms with Gasteiger partial charge in [-0.05, 0) is 19.1 Å². The molecule has 2 aromatic heterocycles. The summed E-state index contributed by atoms with van der Waals surface area (Å²) in [5, 5.41) is 0. The summed E-state index contributed by atoms with van der Waals surface area (Å²) in [6.07, 6.45) is -1.35. The molecule has 2 heterocycles. The fraction of sp³-hybridized carbons (Fsp3) is 0.200. The molecule has 3 nitrogen and oxygen atoms in total. The topological polar surface area (TPSA) is 30.7 Å². The van der Waals surface area contributed by atoms with Crippen molar-refractivity contribution >= 4 is 0 Å². The Morgan fingerprint density at radius 2 is 2.00 bits per heavy atom. The molecule has 0 fully saturated rings. The van der Waals surface area contributed by atoms with Crippen LogP contribution in [0.25, 0.3) is 5.82 Å². The van der Waals surface area contributed by atoms with E-state index in [1.165, 1.54) is 22.9 Å². The maximum atomic E-state index is 12.4. The van der Waals surface area contributed by atoms with Crippen molar-refractivity contribution in [3.63, 3.8) is 0 Å². The molecule has 0 amide bonds. The highest BCUT2D eigenvalue weighted by Gasteiger charge is 2.32. The van der Waals surface area contributed by atoms with E-state index in [4.69, 9.17) is 0 Å². The Balaban J connectivity index is 2.49. The smallest absolute Gasteiger partial charge is 0.288 e. The van der Waals surface area contributed by atoms with Crippen molar-refractivity contribution in [2.45, 2.75) is 13.1 Å². The van der Waals surface area contributed by atoms with E-state index < -0.39 is 11.9 Å². The molecule has 2 aromatic rings. The zero-order chi connectivity index (χ0) is 11.8. The van der Waals surface area contributed by atoms with Gasteiger partial charge in [0.1, 0.15) is 17.3 Å². The first kappa shape index (κ1) is 10.7. The summed E-state index contributed by atoms with van der Waals surface area (Å²) in [6.45, 7) is 1.70. The van der Waals surface area contributed by atoms with E-state index in [2.05, 4.69) is 9.97 Å². The zero-order valence-electron chi connectivity index (χ0n) is 8.36. The van der Waals surface area contributed by atoms with Crippen LogP contribution in [0.4, 0.5) is 13.2 Å². The summed E-state index contributed by atoms with van der Waals surface area (Å²) in [5.41, 5.74) is -0.905. The molecule has 16 heavy (non-hydrogen) atoms. The molecule has 0 spiro atoms. The first-order chi connectivity index (χ1) is 7.48. The van der Waals surface area contributed by atoms with Gasteiger partial charge in [-0.2, -0.15) is 13.2 Å². The molecule has 0 aliphatic rings. The minimum absolute atomic E-state index is 0.213. The van der Waals surface area contributed by atoms with Gasteiger partial charge in [0, 0.05) is 12.4 Å². The lowest BCUT2D eigenvalue weighted by atomic mass is 10.3. The molecule has 0 atom stereocenters. The molecule has 0 aliphatic heterocycles. The van der Waals surface area contributed by atoms with Crippen LogP contribution in [-0.2, 0) is 6.18 Å². The molecule has 6 heteroatoms. The van der Waals surface area contributed by atoms with Gasteiger partial charge in [-0.15, -0.1) is 0 Å². The maximum Gasteiger partial charge on any atom is 0.433 e. The Morgan fingerprint density at radius 1 is 1.25 bits per heavy atom. The molecule has 0 aromatic carbocycles. The van der Waals surface area contributed by atoms with Gasteiger partial charge in [0.05, 0.1) is 0 Å². The third-order valence-electron chi connectivity index (χ3n) is 2.10. The van der Waals surface area contributed by atoms with Crippen molar-refractivity contribution in [1.82, 2.24) is 14.5 Å². The van der Waals surface area contributed by atoms with Gasteiger partial charge < -0.3 is 0 Å². The summed E-state index contributed by atoms with van der Waals surface area (Å²) in [6, 6.07) is 3.77. The number of nitrogens with zero attached hydrogens (tertiary/aromatic N) is 3. The average molecular weight is 227 g/mol. The Hall–Kier alpha value is -1.85. The second-order valence-corrected chi connectivity index (χ2v) is 3.22. The predicted octanol–water partition coefficient (Wildman–Crippen LogP) is 2.59. The van der Waals surface area contributed by atoms with Crippen LogP contribution in [-0.4, -0.2) is 14.5 Å². The number of halogens is 3. The van der Waals surface area contributed by atoms with Crippen molar-refractivity contribution in [3.8, 4) is 5.82 Å². The SMILES string of the molecule is Cc1nccn1-c1cccc(C(F)(F)F)n1. The number of imidazole rings is 1. The van der Waals surface area contributed by atoms with E-state index in [1.807, 2.05) is 0 Å². The molecule has 0 radical (unpaired) electrons. The first-order valence-electron chi connectivity index (χ1n) is 4.53. The zero-order valence-corrected chi connectivity index (χ0v) is 8.36. The Labute approximate surface area is 89.6 Å². The van der Waals surface area contributed by atoms with Crippen LogP contribution in [0.3, 0.4) is 0 Å². The summed E-state index contributed by atoms with van der Waals surface area (Å²) < 4.78 is 38.8. The Kier molecular flexibility index (Phi) is 2.41. The van der Waals surface area contributed by atoms with Gasteiger partial charge in [-0.3, -0.25) is 4.57 Å². The van der Waals surface area contributed by atoms with Gasteiger partial charge in [-0.1, -0.05) is 6.07 Å². The third kappa shape index (κ3) is 1.91. The number of hydrogen-bond acceptors (Lipinski definition) is 2. The van der Waals surface area contributed by atoms with Crippen molar-refractivity contribution in [2.24, 2.45) is 0 Å². The molecule has 0 saturated heterocycles. The lowest BCUT2D eigenvalue weighted by Crippen LogP contribution is -2.10. The van der Waals surface area contributed by atoms with Crippen LogP contribution >= 0.6 is 0 Å². The standard InChI is InChI=1S/C10H8F3N3/c1-7-14-5-6-16(7)9-4-2-3-8(15-9)10(11,12)13/h2-6H,1H3. The molecule has 0 aliphatic carbocycles. The number of aryl methyl sites for hydroxylation is 1. The number of pyridine rings is 1. The molecular formula is C10H8F3N3. The third-order valence-corrected chi connectivity index (χ3v) is 2.10.